The van der Waals surface area contributed by atoms with Crippen molar-refractivity contribution in [1.29, 1.82) is 5.26 Å². The standard InChI is InChI=1S/C8H16NO6PS.Li.H/c1-3-14-16(10,15-4-2)8(6-5-7-9)17(11,12)13;;/h8H,3-6H2,1-2H3,(H,11,12,13);;. The molecule has 0 aromatic carbocycles. The van der Waals surface area contributed by atoms with Crippen molar-refractivity contribution in [2.45, 2.75) is 31.7 Å². The van der Waals surface area contributed by atoms with Crippen LogP contribution >= 0.6 is 7.60 Å². The van der Waals surface area contributed by atoms with E-state index in [2.05, 4.69) is 0 Å². The summed E-state index contributed by atoms with van der Waals surface area (Å²) < 4.78 is 53.2. The predicted molar refractivity (Wildman–Crippen MR) is 68.2 cm³/mol. The molecule has 0 saturated heterocycles. The Hall–Kier alpha value is 0.147. The summed E-state index contributed by atoms with van der Waals surface area (Å²) in [6.07, 6.45) is -0.471. The van der Waals surface area contributed by atoms with Gasteiger partial charge in [0.1, 0.15) is 0 Å². The monoisotopic (exact) mass is 293 g/mol. The van der Waals surface area contributed by atoms with Gasteiger partial charge < -0.3 is 9.05 Å². The van der Waals surface area contributed by atoms with Crippen LogP contribution in [0.4, 0.5) is 0 Å². The van der Waals surface area contributed by atoms with E-state index in [1.807, 2.05) is 0 Å². The topological polar surface area (TPSA) is 114 Å². The van der Waals surface area contributed by atoms with Gasteiger partial charge in [-0.2, -0.15) is 13.7 Å². The summed E-state index contributed by atoms with van der Waals surface area (Å²) in [5, 5.41) is 8.41. The Balaban J connectivity index is 0. The van der Waals surface area contributed by atoms with Crippen LogP contribution in [0.2, 0.25) is 0 Å². The summed E-state index contributed by atoms with van der Waals surface area (Å²) in [7, 11) is -8.57. The van der Waals surface area contributed by atoms with Crippen molar-refractivity contribution >= 4 is 36.6 Å². The van der Waals surface area contributed by atoms with E-state index in [1.165, 1.54) is 13.8 Å². The zero-order chi connectivity index (χ0) is 13.5. The number of hydrogen-bond acceptors (Lipinski definition) is 6. The van der Waals surface area contributed by atoms with E-state index in [1.54, 1.807) is 6.07 Å². The van der Waals surface area contributed by atoms with Gasteiger partial charge in [-0.15, -0.1) is 0 Å². The number of hydrogen-bond donors (Lipinski definition) is 1. The quantitative estimate of drug-likeness (QED) is 0.405. The summed E-state index contributed by atoms with van der Waals surface area (Å²) >= 11 is 0. The van der Waals surface area contributed by atoms with Gasteiger partial charge in [0, 0.05) is 6.42 Å². The van der Waals surface area contributed by atoms with Gasteiger partial charge in [-0.05, 0) is 20.3 Å². The maximum absolute atomic E-state index is 12.2. The molecule has 0 aliphatic rings. The summed E-state index contributed by atoms with van der Waals surface area (Å²) in [5.74, 6) is 0. The second-order valence-corrected chi connectivity index (χ2v) is 7.21. The van der Waals surface area contributed by atoms with Gasteiger partial charge in [0.2, 0.25) is 0 Å². The third kappa shape index (κ3) is 6.35. The van der Waals surface area contributed by atoms with Gasteiger partial charge in [0.25, 0.3) is 10.1 Å². The Morgan fingerprint density at radius 3 is 2.06 bits per heavy atom. The molecule has 0 saturated carbocycles. The SMILES string of the molecule is CCOP(=O)(OCC)C(CCC#N)S(=O)(=O)O.[LiH]. The maximum atomic E-state index is 12.2. The molecule has 18 heavy (non-hydrogen) atoms. The first-order chi connectivity index (χ1) is 7.81. The van der Waals surface area contributed by atoms with E-state index in [0.29, 0.717) is 0 Å². The second-order valence-electron chi connectivity index (χ2n) is 3.04. The van der Waals surface area contributed by atoms with Crippen LogP contribution in [0.5, 0.6) is 0 Å². The van der Waals surface area contributed by atoms with Crippen molar-refractivity contribution in [3.8, 4) is 6.07 Å². The van der Waals surface area contributed by atoms with E-state index in [4.69, 9.17) is 18.9 Å². The van der Waals surface area contributed by atoms with E-state index in [-0.39, 0.29) is 44.9 Å². The summed E-state index contributed by atoms with van der Waals surface area (Å²) in [4.78, 5) is -1.71. The van der Waals surface area contributed by atoms with Gasteiger partial charge in [0.15, 0.2) is 4.99 Å². The fourth-order valence-corrected chi connectivity index (χ4v) is 4.88. The molecule has 7 nitrogen and oxygen atoms in total. The van der Waals surface area contributed by atoms with Gasteiger partial charge >= 0.3 is 26.5 Å². The van der Waals surface area contributed by atoms with E-state index in [9.17, 15) is 13.0 Å². The first-order valence-electron chi connectivity index (χ1n) is 5.03. The van der Waals surface area contributed by atoms with Crippen LogP contribution in [0, 0.1) is 11.3 Å². The van der Waals surface area contributed by atoms with Crippen LogP contribution in [-0.4, -0.2) is 50.0 Å². The van der Waals surface area contributed by atoms with Crippen molar-refractivity contribution in [1.82, 2.24) is 0 Å². The molecular formula is C8H17LiNO6PS. The molecule has 0 bridgehead atoms. The molecule has 0 aliphatic heterocycles. The minimum atomic E-state index is -4.60. The Labute approximate surface area is 119 Å². The Kier molecular flexibility index (Phi) is 10.4. The molecule has 0 aromatic heterocycles. The fourth-order valence-electron chi connectivity index (χ4n) is 1.22. The van der Waals surface area contributed by atoms with Crippen LogP contribution in [0.1, 0.15) is 26.7 Å². The van der Waals surface area contributed by atoms with E-state index >= 15 is 0 Å². The molecule has 1 unspecified atom stereocenters. The summed E-state index contributed by atoms with van der Waals surface area (Å²) in [5.41, 5.74) is 0. The summed E-state index contributed by atoms with van der Waals surface area (Å²) in [6, 6.07) is 1.72. The molecule has 1 N–H and O–H groups in total. The molecule has 0 aromatic rings. The third-order valence-electron chi connectivity index (χ3n) is 1.82. The minimum absolute atomic E-state index is 0. The van der Waals surface area contributed by atoms with Crippen molar-refractivity contribution in [3.05, 3.63) is 0 Å². The van der Waals surface area contributed by atoms with Gasteiger partial charge in [-0.25, -0.2) is 0 Å². The molecule has 0 spiro atoms. The zero-order valence-corrected chi connectivity index (χ0v) is 11.4. The first-order valence-corrected chi connectivity index (χ1v) is 8.15. The Morgan fingerprint density at radius 1 is 1.33 bits per heavy atom. The fraction of sp³-hybridized carbons (Fsp3) is 0.875. The van der Waals surface area contributed by atoms with Crippen molar-refractivity contribution in [2.75, 3.05) is 13.2 Å². The molecule has 0 fully saturated rings. The van der Waals surface area contributed by atoms with Crippen LogP contribution in [0.25, 0.3) is 0 Å². The molecule has 0 aliphatic carbocycles. The summed E-state index contributed by atoms with van der Waals surface area (Å²) in [6.45, 7) is 3.01. The van der Waals surface area contributed by atoms with Crippen molar-refractivity contribution in [3.63, 3.8) is 0 Å². The second kappa shape index (κ2) is 9.12. The third-order valence-corrected chi connectivity index (χ3v) is 6.51. The molecule has 10 heteroatoms. The van der Waals surface area contributed by atoms with Crippen LogP contribution in [-0.2, 0) is 23.7 Å². The Morgan fingerprint density at radius 2 is 1.78 bits per heavy atom. The van der Waals surface area contributed by atoms with Crippen molar-refractivity contribution < 1.29 is 26.6 Å². The molecule has 0 amide bonds. The molecule has 0 radical (unpaired) electrons. The van der Waals surface area contributed by atoms with Crippen LogP contribution < -0.4 is 0 Å². The van der Waals surface area contributed by atoms with Crippen molar-refractivity contribution in [2.24, 2.45) is 0 Å². The first kappa shape index (κ1) is 20.5. The number of rotatable bonds is 8. The molecule has 0 heterocycles. The predicted octanol–water partition coefficient (Wildman–Crippen LogP) is 1.12. The van der Waals surface area contributed by atoms with Crippen LogP contribution in [0.3, 0.4) is 0 Å². The molecule has 1 atom stereocenters. The average molecular weight is 293 g/mol. The normalized spacial score (nSPS) is 13.4. The molecule has 102 valence electrons. The number of nitrogens with zero attached hydrogens (tertiary/aromatic N) is 1. The zero-order valence-electron chi connectivity index (χ0n) is 9.70. The Bertz CT molecular complexity index is 410. The number of nitriles is 1. The molecular weight excluding hydrogens is 276 g/mol. The van der Waals surface area contributed by atoms with Gasteiger partial charge in [-0.1, -0.05) is 0 Å². The van der Waals surface area contributed by atoms with Gasteiger partial charge in [-0.3, -0.25) is 9.12 Å². The van der Waals surface area contributed by atoms with E-state index in [0.717, 1.165) is 0 Å². The molecule has 0 rings (SSSR count). The van der Waals surface area contributed by atoms with E-state index < -0.39 is 22.7 Å². The van der Waals surface area contributed by atoms with Gasteiger partial charge in [0.05, 0.1) is 19.3 Å². The average Bonchev–Trinajstić information content (AvgIpc) is 2.16. The van der Waals surface area contributed by atoms with Crippen LogP contribution in [0.15, 0.2) is 0 Å².